The number of carboxylic acids is 1. The van der Waals surface area contributed by atoms with Gasteiger partial charge in [-0.2, -0.15) is 0 Å². The molecule has 2 fully saturated rings. The van der Waals surface area contributed by atoms with Crippen molar-refractivity contribution in [3.8, 4) is 0 Å². The average Bonchev–Trinajstić information content (AvgIpc) is 3.17. The zero-order chi connectivity index (χ0) is 25.9. The van der Waals surface area contributed by atoms with Gasteiger partial charge in [0.15, 0.2) is 0 Å². The van der Waals surface area contributed by atoms with Gasteiger partial charge in [-0.05, 0) is 43.5 Å². The third-order valence-corrected chi connectivity index (χ3v) is 7.11. The van der Waals surface area contributed by atoms with Gasteiger partial charge in [-0.25, -0.2) is 9.59 Å². The van der Waals surface area contributed by atoms with Gasteiger partial charge < -0.3 is 30.9 Å². The first-order valence-corrected chi connectivity index (χ1v) is 12.0. The lowest BCUT2D eigenvalue weighted by molar-refractivity contribution is -0.139. The van der Waals surface area contributed by atoms with Crippen molar-refractivity contribution >= 4 is 41.1 Å². The van der Waals surface area contributed by atoms with Crippen molar-refractivity contribution in [2.45, 2.75) is 31.3 Å². The summed E-state index contributed by atoms with van der Waals surface area (Å²) >= 11 is 6.11. The molecule has 0 saturated carbocycles. The van der Waals surface area contributed by atoms with E-state index in [0.29, 0.717) is 38.2 Å². The number of carboxylic acid groups (broad SMARTS) is 1. The summed E-state index contributed by atoms with van der Waals surface area (Å²) < 4.78 is 0. The number of amides is 4. The number of urea groups is 1. The number of halogens is 1. The number of hydrogen-bond donors (Lipinski definition) is 4. The molecule has 2 saturated heterocycles. The average molecular weight is 514 g/mol. The Kier molecular flexibility index (Phi) is 7.35. The van der Waals surface area contributed by atoms with Crippen molar-refractivity contribution in [1.82, 2.24) is 20.9 Å². The van der Waals surface area contributed by atoms with E-state index >= 15 is 0 Å². The first-order chi connectivity index (χ1) is 17.2. The Labute approximate surface area is 213 Å². The second-order valence-corrected chi connectivity index (χ2v) is 9.34. The largest absolute Gasteiger partial charge is 0.480 e. The minimum Gasteiger partial charge on any atom is -0.480 e. The Balaban J connectivity index is 1.35. The molecule has 11 heteroatoms. The van der Waals surface area contributed by atoms with Gasteiger partial charge in [0, 0.05) is 18.8 Å². The van der Waals surface area contributed by atoms with Gasteiger partial charge in [0.1, 0.15) is 11.6 Å². The maximum Gasteiger partial charge on any atom is 0.328 e. The molecule has 0 unspecified atom stereocenters. The van der Waals surface area contributed by atoms with Gasteiger partial charge in [-0.1, -0.05) is 41.9 Å². The number of hydrogen-bond acceptors (Lipinski definition) is 5. The molecule has 4 amide bonds. The zero-order valence-electron chi connectivity index (χ0n) is 19.8. The fourth-order valence-electron chi connectivity index (χ4n) is 4.76. The molecular weight excluding hydrogens is 486 g/mol. The third kappa shape index (κ3) is 4.94. The number of nitrogens with zero attached hydrogens (tertiary/aromatic N) is 2. The van der Waals surface area contributed by atoms with Crippen molar-refractivity contribution in [2.24, 2.45) is 0 Å². The summed E-state index contributed by atoms with van der Waals surface area (Å²) in [6.07, 6.45) is 0.873. The molecule has 0 radical (unpaired) electrons. The molecular formula is C25H28ClN5O5. The highest BCUT2D eigenvalue weighted by molar-refractivity contribution is 6.34. The van der Waals surface area contributed by atoms with Gasteiger partial charge in [-0.3, -0.25) is 9.59 Å². The molecule has 1 atom stereocenters. The number of aryl methyl sites for hydroxylation is 1. The third-order valence-electron chi connectivity index (χ3n) is 6.79. The second kappa shape index (κ2) is 10.4. The van der Waals surface area contributed by atoms with Crippen LogP contribution in [-0.4, -0.2) is 71.7 Å². The predicted molar refractivity (Wildman–Crippen MR) is 134 cm³/mol. The molecule has 0 aromatic heterocycles. The SMILES string of the molecule is Cc1cccc(Cl)c1C(=O)N[C@@H](CNC(=O)N1CCC2(CC1)C(=O)NCN2c1ccccc1)C(=O)O. The standard InChI is InChI=1S/C25H28ClN5O5/c1-16-6-5-9-18(26)20(16)21(32)29-19(22(33)34)14-27-24(36)30-12-10-25(11-13-30)23(35)28-15-31(25)17-7-3-2-4-8-17/h2-9,19H,10-15H2,1H3,(H,27,36)(H,28,35)(H,29,32)(H,33,34)/t19-/m0/s1. The molecule has 2 aromatic carbocycles. The second-order valence-electron chi connectivity index (χ2n) is 8.93. The summed E-state index contributed by atoms with van der Waals surface area (Å²) in [4.78, 5) is 53.6. The maximum atomic E-state index is 12.8. The molecule has 4 rings (SSSR count). The molecule has 1 spiro atoms. The van der Waals surface area contributed by atoms with E-state index in [1.807, 2.05) is 35.2 Å². The van der Waals surface area contributed by atoms with Crippen molar-refractivity contribution in [2.75, 3.05) is 31.2 Å². The number of benzene rings is 2. The monoisotopic (exact) mass is 513 g/mol. The lowest BCUT2D eigenvalue weighted by Crippen LogP contribution is -2.59. The van der Waals surface area contributed by atoms with Gasteiger partial charge in [0.2, 0.25) is 5.91 Å². The maximum absolute atomic E-state index is 12.8. The lowest BCUT2D eigenvalue weighted by Gasteiger charge is -2.43. The van der Waals surface area contributed by atoms with Crippen LogP contribution in [-0.2, 0) is 9.59 Å². The van der Waals surface area contributed by atoms with Crippen molar-refractivity contribution in [3.05, 3.63) is 64.7 Å². The van der Waals surface area contributed by atoms with E-state index in [4.69, 9.17) is 11.6 Å². The number of piperidine rings is 1. The summed E-state index contributed by atoms with van der Waals surface area (Å²) in [5.74, 6) is -1.98. The zero-order valence-corrected chi connectivity index (χ0v) is 20.5. The summed E-state index contributed by atoms with van der Waals surface area (Å²) in [6.45, 7) is 2.45. The fourth-order valence-corrected chi connectivity index (χ4v) is 5.07. The van der Waals surface area contributed by atoms with Gasteiger partial charge in [-0.15, -0.1) is 0 Å². The number of aliphatic carboxylic acids is 1. The van der Waals surface area contributed by atoms with E-state index in [0.717, 1.165) is 5.69 Å². The van der Waals surface area contributed by atoms with Crippen LogP contribution in [0.4, 0.5) is 10.5 Å². The first kappa shape index (κ1) is 25.3. The number of likely N-dealkylation sites (tertiary alicyclic amines) is 1. The molecule has 2 heterocycles. The van der Waals surface area contributed by atoms with Crippen LogP contribution in [0.2, 0.25) is 5.02 Å². The van der Waals surface area contributed by atoms with Crippen LogP contribution in [0.1, 0.15) is 28.8 Å². The molecule has 0 bridgehead atoms. The molecule has 36 heavy (non-hydrogen) atoms. The molecule has 2 aromatic rings. The highest BCUT2D eigenvalue weighted by atomic mass is 35.5. The van der Waals surface area contributed by atoms with Crippen LogP contribution in [0, 0.1) is 6.92 Å². The molecule has 4 N–H and O–H groups in total. The minimum absolute atomic E-state index is 0.0602. The van der Waals surface area contributed by atoms with Crippen LogP contribution in [0.5, 0.6) is 0 Å². The number of anilines is 1. The van der Waals surface area contributed by atoms with Crippen molar-refractivity contribution in [1.29, 1.82) is 0 Å². The van der Waals surface area contributed by atoms with E-state index in [2.05, 4.69) is 16.0 Å². The van der Waals surface area contributed by atoms with E-state index in [1.165, 1.54) is 0 Å². The van der Waals surface area contributed by atoms with Crippen molar-refractivity contribution in [3.63, 3.8) is 0 Å². The Hall–Kier alpha value is -3.79. The smallest absolute Gasteiger partial charge is 0.328 e. The van der Waals surface area contributed by atoms with Crippen LogP contribution in [0.25, 0.3) is 0 Å². The summed E-state index contributed by atoms with van der Waals surface area (Å²) in [7, 11) is 0. The highest BCUT2D eigenvalue weighted by Gasteiger charge is 2.50. The number of para-hydroxylation sites is 1. The quantitative estimate of drug-likeness (QED) is 0.467. The summed E-state index contributed by atoms with van der Waals surface area (Å²) in [5, 5.41) is 17.7. The summed E-state index contributed by atoms with van der Waals surface area (Å²) in [6, 6.07) is 12.8. The Morgan fingerprint density at radius 3 is 2.44 bits per heavy atom. The number of carbonyl (C=O) groups is 4. The van der Waals surface area contributed by atoms with Gasteiger partial charge in [0.05, 0.1) is 23.8 Å². The van der Waals surface area contributed by atoms with Crippen molar-refractivity contribution < 1.29 is 24.3 Å². The summed E-state index contributed by atoms with van der Waals surface area (Å²) in [5.41, 5.74) is 0.997. The van der Waals surface area contributed by atoms with Crippen LogP contribution in [0.15, 0.2) is 48.5 Å². The lowest BCUT2D eigenvalue weighted by atomic mass is 9.85. The minimum atomic E-state index is -1.34. The Bertz CT molecular complexity index is 1150. The molecule has 10 nitrogen and oxygen atoms in total. The Morgan fingerprint density at radius 1 is 1.11 bits per heavy atom. The fraction of sp³-hybridized carbons (Fsp3) is 0.360. The van der Waals surface area contributed by atoms with Gasteiger partial charge >= 0.3 is 12.0 Å². The van der Waals surface area contributed by atoms with E-state index < -0.39 is 29.5 Å². The first-order valence-electron chi connectivity index (χ1n) is 11.7. The van der Waals surface area contributed by atoms with Crippen LogP contribution < -0.4 is 20.9 Å². The van der Waals surface area contributed by atoms with Crippen LogP contribution >= 0.6 is 11.6 Å². The molecule has 2 aliphatic heterocycles. The molecule has 2 aliphatic rings. The predicted octanol–water partition coefficient (Wildman–Crippen LogP) is 1.97. The van der Waals surface area contributed by atoms with E-state index in [1.54, 1.807) is 30.0 Å². The molecule has 190 valence electrons. The van der Waals surface area contributed by atoms with E-state index in [-0.39, 0.29) is 23.0 Å². The Morgan fingerprint density at radius 2 is 1.81 bits per heavy atom. The number of rotatable bonds is 6. The topological polar surface area (TPSA) is 131 Å². The van der Waals surface area contributed by atoms with Crippen LogP contribution in [0.3, 0.4) is 0 Å². The number of carbonyl (C=O) groups excluding carboxylic acids is 3. The van der Waals surface area contributed by atoms with Gasteiger partial charge in [0.25, 0.3) is 5.91 Å². The normalized spacial score (nSPS) is 17.4. The number of nitrogens with one attached hydrogen (secondary N) is 3. The van der Waals surface area contributed by atoms with E-state index in [9.17, 15) is 24.3 Å². The molecule has 0 aliphatic carbocycles. The highest BCUT2D eigenvalue weighted by Crippen LogP contribution is 2.36.